The number of nitrogens with two attached hydrogens (primary N) is 1. The van der Waals surface area contributed by atoms with Gasteiger partial charge in [0.1, 0.15) is 6.04 Å². The van der Waals surface area contributed by atoms with Crippen LogP contribution in [0, 0.1) is 5.41 Å². The third-order valence-electron chi connectivity index (χ3n) is 3.56. The lowest BCUT2D eigenvalue weighted by Crippen LogP contribution is -2.48. The van der Waals surface area contributed by atoms with Crippen LogP contribution < -0.4 is 11.1 Å². The van der Waals surface area contributed by atoms with Gasteiger partial charge in [-0.1, -0.05) is 19.3 Å². The largest absolute Gasteiger partial charge is 0.368 e. The van der Waals surface area contributed by atoms with Gasteiger partial charge in [-0.25, -0.2) is 0 Å². The summed E-state index contributed by atoms with van der Waals surface area (Å²) in [5, 5.41) is 2.70. The summed E-state index contributed by atoms with van der Waals surface area (Å²) < 4.78 is 0. The fraction of sp³-hybridized carbons (Fsp3) is 0.800. The molecule has 2 fully saturated rings. The summed E-state index contributed by atoms with van der Waals surface area (Å²) in [4.78, 5) is 22.5. The highest BCUT2D eigenvalue weighted by Crippen LogP contribution is 2.45. The Hall–Kier alpha value is -1.06. The summed E-state index contributed by atoms with van der Waals surface area (Å²) in [6, 6.07) is -0.421. The Kier molecular flexibility index (Phi) is 2.21. The maximum atomic E-state index is 11.3. The highest BCUT2D eigenvalue weighted by molar-refractivity contribution is 5.91. The number of hydrogen-bond donors (Lipinski definition) is 2. The van der Waals surface area contributed by atoms with Crippen LogP contribution in [0.2, 0.25) is 0 Å². The molecule has 1 aliphatic heterocycles. The predicted octanol–water partition coefficient (Wildman–Crippen LogP) is 0.311. The number of nitrogens with one attached hydrogen (secondary N) is 1. The minimum absolute atomic E-state index is 0.0179. The normalized spacial score (nSPS) is 30.3. The quantitative estimate of drug-likeness (QED) is 0.633. The first-order valence-corrected chi connectivity index (χ1v) is 5.23. The molecule has 1 aliphatic carbocycles. The van der Waals surface area contributed by atoms with Gasteiger partial charge in [0, 0.05) is 11.8 Å². The van der Waals surface area contributed by atoms with Crippen LogP contribution in [0.3, 0.4) is 0 Å². The SMILES string of the molecule is NC(=O)C1NC(=O)CC12CCCCC2. The molecule has 78 valence electrons. The molecule has 14 heavy (non-hydrogen) atoms. The van der Waals surface area contributed by atoms with E-state index in [9.17, 15) is 9.59 Å². The second-order valence-electron chi connectivity index (χ2n) is 4.50. The molecule has 0 radical (unpaired) electrons. The molecule has 2 rings (SSSR count). The van der Waals surface area contributed by atoms with E-state index in [1.54, 1.807) is 0 Å². The Morgan fingerprint density at radius 1 is 1.36 bits per heavy atom. The lowest BCUT2D eigenvalue weighted by molar-refractivity contribution is -0.124. The molecule has 0 bridgehead atoms. The summed E-state index contributed by atoms with van der Waals surface area (Å²) in [5.74, 6) is -0.395. The van der Waals surface area contributed by atoms with Crippen LogP contribution in [-0.2, 0) is 9.59 Å². The first-order valence-electron chi connectivity index (χ1n) is 5.23. The Morgan fingerprint density at radius 2 is 2.00 bits per heavy atom. The molecule has 1 spiro atoms. The van der Waals surface area contributed by atoms with Crippen molar-refractivity contribution in [1.82, 2.24) is 5.32 Å². The topological polar surface area (TPSA) is 72.2 Å². The van der Waals surface area contributed by atoms with Crippen molar-refractivity contribution in [2.24, 2.45) is 11.1 Å². The summed E-state index contributed by atoms with van der Waals surface area (Å²) in [6.07, 6.45) is 5.83. The van der Waals surface area contributed by atoms with E-state index in [2.05, 4.69) is 5.32 Å². The Balaban J connectivity index is 2.21. The molecule has 1 saturated heterocycles. The molecule has 2 amide bonds. The third kappa shape index (κ3) is 1.38. The molecule has 4 nitrogen and oxygen atoms in total. The number of amides is 2. The lowest BCUT2D eigenvalue weighted by Gasteiger charge is -2.35. The Bertz CT molecular complexity index is 269. The van der Waals surface area contributed by atoms with E-state index in [0.717, 1.165) is 25.7 Å². The summed E-state index contributed by atoms with van der Waals surface area (Å²) in [7, 11) is 0. The first-order chi connectivity index (χ1) is 6.64. The van der Waals surface area contributed by atoms with Gasteiger partial charge in [-0.3, -0.25) is 9.59 Å². The highest BCUT2D eigenvalue weighted by Gasteiger charge is 2.49. The van der Waals surface area contributed by atoms with E-state index >= 15 is 0 Å². The zero-order valence-corrected chi connectivity index (χ0v) is 8.21. The maximum absolute atomic E-state index is 11.3. The van der Waals surface area contributed by atoms with E-state index in [-0.39, 0.29) is 17.2 Å². The second kappa shape index (κ2) is 3.26. The van der Waals surface area contributed by atoms with E-state index in [0.29, 0.717) is 6.42 Å². The number of carbonyl (C=O) groups excluding carboxylic acids is 2. The van der Waals surface area contributed by atoms with Crippen molar-refractivity contribution < 1.29 is 9.59 Å². The molecule has 0 aromatic carbocycles. The fourth-order valence-electron chi connectivity index (χ4n) is 2.88. The summed E-state index contributed by atoms with van der Waals surface area (Å²) in [5.41, 5.74) is 5.16. The van der Waals surface area contributed by atoms with Crippen LogP contribution in [0.1, 0.15) is 38.5 Å². The number of primary amides is 1. The molecule has 1 heterocycles. The van der Waals surface area contributed by atoms with Crippen LogP contribution in [0.5, 0.6) is 0 Å². The standard InChI is InChI=1S/C10H16N2O2/c11-9(14)8-10(6-7(13)12-8)4-2-1-3-5-10/h8H,1-6H2,(H2,11,14)(H,12,13). The third-order valence-corrected chi connectivity index (χ3v) is 3.56. The average molecular weight is 196 g/mol. The van der Waals surface area contributed by atoms with Gasteiger partial charge in [-0.05, 0) is 12.8 Å². The van der Waals surface area contributed by atoms with E-state index < -0.39 is 6.04 Å². The second-order valence-corrected chi connectivity index (χ2v) is 4.50. The monoisotopic (exact) mass is 196 g/mol. The van der Waals surface area contributed by atoms with Crippen LogP contribution >= 0.6 is 0 Å². The first kappa shape index (κ1) is 9.49. The molecule has 0 aromatic heterocycles. The van der Waals surface area contributed by atoms with Crippen LogP contribution in [0.25, 0.3) is 0 Å². The van der Waals surface area contributed by atoms with E-state index in [1.807, 2.05) is 0 Å². The molecule has 0 aromatic rings. The van der Waals surface area contributed by atoms with Crippen molar-refractivity contribution in [3.05, 3.63) is 0 Å². The maximum Gasteiger partial charge on any atom is 0.240 e. The van der Waals surface area contributed by atoms with Gasteiger partial charge < -0.3 is 11.1 Å². The smallest absolute Gasteiger partial charge is 0.240 e. The van der Waals surface area contributed by atoms with Gasteiger partial charge in [0.05, 0.1) is 0 Å². The zero-order chi connectivity index (χ0) is 10.2. The van der Waals surface area contributed by atoms with Gasteiger partial charge in [0.2, 0.25) is 11.8 Å². The fourth-order valence-corrected chi connectivity index (χ4v) is 2.88. The number of rotatable bonds is 1. The van der Waals surface area contributed by atoms with Crippen LogP contribution in [0.4, 0.5) is 0 Å². The average Bonchev–Trinajstić information content (AvgIpc) is 2.44. The molecule has 3 N–H and O–H groups in total. The van der Waals surface area contributed by atoms with Crippen molar-refractivity contribution in [3.8, 4) is 0 Å². The van der Waals surface area contributed by atoms with E-state index in [1.165, 1.54) is 6.42 Å². The summed E-state index contributed by atoms with van der Waals surface area (Å²) in [6.45, 7) is 0. The van der Waals surface area contributed by atoms with Crippen molar-refractivity contribution >= 4 is 11.8 Å². The Labute approximate surface area is 83.2 Å². The number of hydrogen-bond acceptors (Lipinski definition) is 2. The Morgan fingerprint density at radius 3 is 2.57 bits per heavy atom. The molecule has 1 unspecified atom stereocenters. The van der Waals surface area contributed by atoms with Gasteiger partial charge in [-0.15, -0.1) is 0 Å². The molecule has 2 aliphatic rings. The number of carbonyl (C=O) groups is 2. The molecule has 1 atom stereocenters. The van der Waals surface area contributed by atoms with E-state index in [4.69, 9.17) is 5.73 Å². The minimum Gasteiger partial charge on any atom is -0.368 e. The van der Waals surface area contributed by atoms with Crippen LogP contribution in [0.15, 0.2) is 0 Å². The molecular formula is C10H16N2O2. The van der Waals surface area contributed by atoms with Crippen molar-refractivity contribution in [1.29, 1.82) is 0 Å². The van der Waals surface area contributed by atoms with Gasteiger partial charge >= 0.3 is 0 Å². The molecule has 4 heteroatoms. The summed E-state index contributed by atoms with van der Waals surface area (Å²) >= 11 is 0. The zero-order valence-electron chi connectivity index (χ0n) is 8.21. The van der Waals surface area contributed by atoms with Crippen molar-refractivity contribution in [3.63, 3.8) is 0 Å². The predicted molar refractivity (Wildman–Crippen MR) is 51.3 cm³/mol. The molecule has 1 saturated carbocycles. The molecular weight excluding hydrogens is 180 g/mol. The van der Waals surface area contributed by atoms with Gasteiger partial charge in [-0.2, -0.15) is 0 Å². The van der Waals surface area contributed by atoms with Gasteiger partial charge in [0.15, 0.2) is 0 Å². The van der Waals surface area contributed by atoms with Gasteiger partial charge in [0.25, 0.3) is 0 Å². The van der Waals surface area contributed by atoms with Crippen molar-refractivity contribution in [2.45, 2.75) is 44.6 Å². The van der Waals surface area contributed by atoms with Crippen molar-refractivity contribution in [2.75, 3.05) is 0 Å². The highest BCUT2D eigenvalue weighted by atomic mass is 16.2. The lowest BCUT2D eigenvalue weighted by atomic mass is 9.69. The van der Waals surface area contributed by atoms with Crippen LogP contribution in [-0.4, -0.2) is 17.9 Å². The minimum atomic E-state index is -0.421.